The van der Waals surface area contributed by atoms with Gasteiger partial charge in [0, 0.05) is 0 Å². The van der Waals surface area contributed by atoms with E-state index in [4.69, 9.17) is 5.11 Å². The van der Waals surface area contributed by atoms with Crippen molar-refractivity contribution in [1.29, 1.82) is 0 Å². The molecule has 0 saturated carbocycles. The molecule has 0 radical (unpaired) electrons. The van der Waals surface area contributed by atoms with Crippen LogP contribution in [0.2, 0.25) is 0 Å². The Balaban J connectivity index is 3.54. The van der Waals surface area contributed by atoms with E-state index < -0.39 is 5.60 Å². The number of rotatable bonds is 1. The molecular formula is C6H14O. The van der Waals surface area contributed by atoms with Gasteiger partial charge in [-0.2, -0.15) is 0 Å². The van der Waals surface area contributed by atoms with E-state index >= 15 is 0 Å². The summed E-state index contributed by atoms with van der Waals surface area (Å²) in [5, 5.41) is 9.09. The lowest BCUT2D eigenvalue weighted by molar-refractivity contribution is 0.0327. The number of hydrogen-bond acceptors (Lipinski definition) is 1. The zero-order valence-electron chi connectivity index (χ0n) is 5.52. The maximum Gasteiger partial charge on any atom is 0.0614 e. The Labute approximate surface area is 45.4 Å². The van der Waals surface area contributed by atoms with Gasteiger partial charge in [-0.25, -0.2) is 0 Å². The molecular weight excluding hydrogens is 88.1 g/mol. The predicted octanol–water partition coefficient (Wildman–Crippen LogP) is 1.41. The first-order valence-electron chi connectivity index (χ1n) is 2.67. The van der Waals surface area contributed by atoms with E-state index in [1.165, 1.54) is 0 Å². The molecule has 0 aliphatic rings. The van der Waals surface area contributed by atoms with Gasteiger partial charge in [-0.15, -0.1) is 0 Å². The van der Waals surface area contributed by atoms with Crippen LogP contribution in [-0.2, 0) is 0 Å². The van der Waals surface area contributed by atoms with Gasteiger partial charge in [0.05, 0.1) is 5.60 Å². The Morgan fingerprint density at radius 2 is 1.43 bits per heavy atom. The molecule has 0 aromatic carbocycles. The van der Waals surface area contributed by atoms with Crippen LogP contribution < -0.4 is 0 Å². The monoisotopic (exact) mass is 102 g/mol. The Morgan fingerprint density at radius 1 is 1.29 bits per heavy atom. The third-order valence-corrected chi connectivity index (χ3v) is 1.41. The Morgan fingerprint density at radius 3 is 1.43 bits per heavy atom. The molecule has 0 unspecified atom stereocenters. The highest BCUT2D eigenvalue weighted by Gasteiger charge is 2.16. The largest absolute Gasteiger partial charge is 0.390 e. The van der Waals surface area contributed by atoms with Crippen molar-refractivity contribution in [2.45, 2.75) is 33.3 Å². The molecule has 44 valence electrons. The van der Waals surface area contributed by atoms with Gasteiger partial charge >= 0.3 is 0 Å². The first-order chi connectivity index (χ1) is 2.94. The summed E-state index contributed by atoms with van der Waals surface area (Å²) in [6.45, 7) is 7.63. The highest BCUT2D eigenvalue weighted by atomic mass is 16.3. The molecule has 0 saturated heterocycles. The molecule has 0 fully saturated rings. The van der Waals surface area contributed by atoms with E-state index in [0.717, 1.165) is 0 Å². The fourth-order valence-electron chi connectivity index (χ4n) is 0. The molecule has 1 heteroatoms. The summed E-state index contributed by atoms with van der Waals surface area (Å²) in [5.74, 6) is 0.354. The quantitative estimate of drug-likeness (QED) is 0.530. The van der Waals surface area contributed by atoms with E-state index in [1.807, 2.05) is 27.7 Å². The van der Waals surface area contributed by atoms with Gasteiger partial charge in [-0.05, 0) is 19.8 Å². The van der Waals surface area contributed by atoms with Gasteiger partial charge in [0.15, 0.2) is 0 Å². The molecule has 0 spiro atoms. The lowest BCUT2D eigenvalue weighted by atomic mass is 9.95. The molecule has 1 nitrogen and oxygen atoms in total. The van der Waals surface area contributed by atoms with Crippen LogP contribution >= 0.6 is 0 Å². The second-order valence-corrected chi connectivity index (χ2v) is 2.81. The zero-order chi connectivity index (χ0) is 6.08. The second kappa shape index (κ2) is 1.83. The van der Waals surface area contributed by atoms with Crippen molar-refractivity contribution >= 4 is 0 Å². The molecule has 0 heterocycles. The minimum absolute atomic E-state index is 0.354. The molecule has 0 bridgehead atoms. The van der Waals surface area contributed by atoms with Gasteiger partial charge in [0.25, 0.3) is 0 Å². The lowest BCUT2D eigenvalue weighted by Gasteiger charge is -2.21. The van der Waals surface area contributed by atoms with Crippen molar-refractivity contribution < 1.29 is 5.11 Å². The summed E-state index contributed by atoms with van der Waals surface area (Å²) in [7, 11) is 0. The molecule has 0 rings (SSSR count). The van der Waals surface area contributed by atoms with Gasteiger partial charge in [0.2, 0.25) is 0 Å². The summed E-state index contributed by atoms with van der Waals surface area (Å²) in [6, 6.07) is 0. The fourth-order valence-corrected chi connectivity index (χ4v) is 0. The molecule has 0 aromatic heterocycles. The van der Waals surface area contributed by atoms with E-state index in [2.05, 4.69) is 0 Å². The predicted molar refractivity (Wildman–Crippen MR) is 31.1 cm³/mol. The van der Waals surface area contributed by atoms with Gasteiger partial charge < -0.3 is 5.11 Å². The average Bonchev–Trinajstić information content (AvgIpc) is 1.31. The van der Waals surface area contributed by atoms with Crippen LogP contribution in [0.4, 0.5) is 0 Å². The van der Waals surface area contributed by atoms with Crippen molar-refractivity contribution in [3.05, 3.63) is 0 Å². The third-order valence-electron chi connectivity index (χ3n) is 1.41. The SMILES string of the molecule is CC(C)C(C)(C)O. The molecule has 0 atom stereocenters. The smallest absolute Gasteiger partial charge is 0.0614 e. The Kier molecular flexibility index (Phi) is 1.82. The molecule has 1 N–H and O–H groups in total. The Hall–Kier alpha value is -0.0400. The first-order valence-corrected chi connectivity index (χ1v) is 2.67. The standard InChI is InChI=1S/C6H14O/c1-5(2)6(3,4)7/h5,7H,1-4H3. The van der Waals surface area contributed by atoms with Crippen molar-refractivity contribution in [3.63, 3.8) is 0 Å². The third kappa shape index (κ3) is 2.63. The zero-order valence-corrected chi connectivity index (χ0v) is 5.52. The second-order valence-electron chi connectivity index (χ2n) is 2.81. The van der Waals surface area contributed by atoms with Gasteiger partial charge in [-0.1, -0.05) is 13.8 Å². The van der Waals surface area contributed by atoms with Crippen molar-refractivity contribution in [2.24, 2.45) is 5.92 Å². The van der Waals surface area contributed by atoms with Crippen LogP contribution in [0.3, 0.4) is 0 Å². The van der Waals surface area contributed by atoms with E-state index in [0.29, 0.717) is 5.92 Å². The van der Waals surface area contributed by atoms with Crippen LogP contribution in [0.1, 0.15) is 27.7 Å². The Bertz CT molecular complexity index is 49.7. The molecule has 0 amide bonds. The molecule has 7 heavy (non-hydrogen) atoms. The van der Waals surface area contributed by atoms with Crippen molar-refractivity contribution in [2.75, 3.05) is 0 Å². The van der Waals surface area contributed by atoms with Crippen LogP contribution in [0.25, 0.3) is 0 Å². The summed E-state index contributed by atoms with van der Waals surface area (Å²) in [4.78, 5) is 0. The topological polar surface area (TPSA) is 20.2 Å². The van der Waals surface area contributed by atoms with Gasteiger partial charge in [-0.3, -0.25) is 0 Å². The minimum Gasteiger partial charge on any atom is -0.390 e. The lowest BCUT2D eigenvalue weighted by Crippen LogP contribution is -2.25. The van der Waals surface area contributed by atoms with E-state index in [1.54, 1.807) is 0 Å². The average molecular weight is 102 g/mol. The molecule has 0 aliphatic heterocycles. The molecule has 0 aromatic rings. The van der Waals surface area contributed by atoms with Gasteiger partial charge in [0.1, 0.15) is 0 Å². The summed E-state index contributed by atoms with van der Waals surface area (Å²) in [5.41, 5.74) is -0.500. The van der Waals surface area contributed by atoms with E-state index in [9.17, 15) is 0 Å². The van der Waals surface area contributed by atoms with Crippen LogP contribution in [-0.4, -0.2) is 10.7 Å². The summed E-state index contributed by atoms with van der Waals surface area (Å²) < 4.78 is 0. The van der Waals surface area contributed by atoms with Crippen LogP contribution in [0.15, 0.2) is 0 Å². The summed E-state index contributed by atoms with van der Waals surface area (Å²) in [6.07, 6.45) is 0. The highest BCUT2D eigenvalue weighted by molar-refractivity contribution is 4.67. The van der Waals surface area contributed by atoms with Crippen molar-refractivity contribution in [3.8, 4) is 0 Å². The van der Waals surface area contributed by atoms with Crippen molar-refractivity contribution in [1.82, 2.24) is 0 Å². The number of hydrogen-bond donors (Lipinski definition) is 1. The highest BCUT2D eigenvalue weighted by Crippen LogP contribution is 2.12. The normalized spacial score (nSPS) is 12.9. The first kappa shape index (κ1) is 6.96. The summed E-state index contributed by atoms with van der Waals surface area (Å²) >= 11 is 0. The van der Waals surface area contributed by atoms with Crippen LogP contribution in [0.5, 0.6) is 0 Å². The number of aliphatic hydroxyl groups is 1. The molecule has 0 aliphatic carbocycles. The fraction of sp³-hybridized carbons (Fsp3) is 1.00. The minimum atomic E-state index is -0.500. The van der Waals surface area contributed by atoms with E-state index in [-0.39, 0.29) is 0 Å². The van der Waals surface area contributed by atoms with Crippen LogP contribution in [0, 0.1) is 5.92 Å². The maximum absolute atomic E-state index is 9.09. The maximum atomic E-state index is 9.09.